The van der Waals surface area contributed by atoms with E-state index in [4.69, 9.17) is 17.2 Å². The average Bonchev–Trinajstić information content (AvgIpc) is 1.33. The number of alkyl halides is 9. The second-order valence-corrected chi connectivity index (χ2v) is 26.2. The van der Waals surface area contributed by atoms with Gasteiger partial charge < -0.3 is 55.9 Å². The van der Waals surface area contributed by atoms with Crippen LogP contribution < -0.4 is 22.5 Å². The minimum absolute atomic E-state index is 0. The summed E-state index contributed by atoms with van der Waals surface area (Å²) in [6.07, 6.45) is -9.05. The molecule has 25 heteroatoms. The lowest BCUT2D eigenvalue weighted by Gasteiger charge is -2.32. The number of fused-ring (bicyclic) bond motifs is 4. The molecule has 9 N–H and O–H groups in total. The Bertz CT molecular complexity index is 5340. The van der Waals surface area contributed by atoms with E-state index in [2.05, 4.69) is 52.6 Å². The molecule has 0 aliphatic carbocycles. The number of nitrogens with one attached hydrogen (secondary N) is 1. The maximum atomic E-state index is 13.0. The molecule has 9 aromatic carbocycles. The fraction of sp³-hybridized carbons (Fsp3) is 0.193. The molecule has 0 bridgehead atoms. The number of aromatic nitrogens is 4. The Balaban J connectivity index is 0.000000167. The number of nitrogens with zero attached hydrogens (tertiary/aromatic N) is 5. The zero-order valence-corrected chi connectivity index (χ0v) is 58.4. The van der Waals surface area contributed by atoms with Gasteiger partial charge in [0.2, 0.25) is 17.7 Å². The molecular formula is C83H78F9N9O7. The van der Waals surface area contributed by atoms with Gasteiger partial charge in [-0.1, -0.05) is 124 Å². The SMILES string of the molecule is C.CC(C)c1ccc(Cn2ccc3cc(C(N)=O)ccc32)cc1.CC(O)(c1ccc(Cn2ccc3cc(C(N)=O)ccc32)cc1)C(F)(F)F.CN(C)C(=O)c1ccc2c(ccn2Cc2ccc(C(O)(C(F)(F)F)C(F)(F)F)cc2)c1.NC(=O)c1ccc2c(ccn2Cc2ccc(C(=O)Nc3ccccc3)cc2)c1. The maximum Gasteiger partial charge on any atom is 0.430 e. The summed E-state index contributed by atoms with van der Waals surface area (Å²) >= 11 is 0. The molecule has 0 saturated heterocycles. The zero-order valence-electron chi connectivity index (χ0n) is 58.4. The van der Waals surface area contributed by atoms with Crippen molar-refractivity contribution in [3.05, 3.63) is 316 Å². The van der Waals surface area contributed by atoms with Crippen molar-refractivity contribution < 1.29 is 73.7 Å². The van der Waals surface area contributed by atoms with E-state index in [9.17, 15) is 73.7 Å². The maximum absolute atomic E-state index is 13.0. The molecule has 560 valence electrons. The lowest BCUT2D eigenvalue weighted by Crippen LogP contribution is -2.53. The number of halogens is 9. The number of carbonyl (C=O) groups excluding carboxylic acids is 5. The van der Waals surface area contributed by atoms with E-state index >= 15 is 0 Å². The third kappa shape index (κ3) is 18.2. The molecule has 16 nitrogen and oxygen atoms in total. The second-order valence-electron chi connectivity index (χ2n) is 26.2. The highest BCUT2D eigenvalue weighted by atomic mass is 19.4. The first kappa shape index (κ1) is 79.9. The van der Waals surface area contributed by atoms with Gasteiger partial charge in [-0.05, 0) is 168 Å². The minimum atomic E-state index is -5.93. The smallest absolute Gasteiger partial charge is 0.376 e. The molecule has 0 fully saturated rings. The van der Waals surface area contributed by atoms with Gasteiger partial charge in [-0.3, -0.25) is 24.0 Å². The quantitative estimate of drug-likeness (QED) is 0.0482. The molecule has 0 radical (unpaired) electrons. The van der Waals surface area contributed by atoms with Crippen molar-refractivity contribution in [3.63, 3.8) is 0 Å². The van der Waals surface area contributed by atoms with Crippen molar-refractivity contribution in [2.24, 2.45) is 17.2 Å². The van der Waals surface area contributed by atoms with Crippen LogP contribution in [0.15, 0.2) is 249 Å². The van der Waals surface area contributed by atoms with E-state index in [-0.39, 0.29) is 37.3 Å². The van der Waals surface area contributed by atoms with Gasteiger partial charge in [-0.25, -0.2) is 0 Å². The largest absolute Gasteiger partial charge is 0.430 e. The Labute approximate surface area is 615 Å². The van der Waals surface area contributed by atoms with Crippen LogP contribution in [-0.2, 0) is 37.4 Å². The van der Waals surface area contributed by atoms with Gasteiger partial charge >= 0.3 is 18.5 Å². The number of para-hydroxylation sites is 1. The summed E-state index contributed by atoms with van der Waals surface area (Å²) in [5, 5.41) is 25.7. The number of nitrogens with two attached hydrogens (primary N) is 3. The van der Waals surface area contributed by atoms with Gasteiger partial charge in [0.15, 0.2) is 5.60 Å². The van der Waals surface area contributed by atoms with Gasteiger partial charge in [0.1, 0.15) is 0 Å². The number of hydrogen-bond acceptors (Lipinski definition) is 7. The fourth-order valence-corrected chi connectivity index (χ4v) is 11.9. The molecule has 13 rings (SSSR count). The summed E-state index contributed by atoms with van der Waals surface area (Å²) in [6.45, 7) is 7.22. The lowest BCUT2D eigenvalue weighted by molar-refractivity contribution is -0.376. The van der Waals surface area contributed by atoms with Crippen LogP contribution >= 0.6 is 0 Å². The monoisotopic (exact) mass is 1480 g/mol. The first-order chi connectivity index (χ1) is 50.5. The van der Waals surface area contributed by atoms with E-state index in [1.807, 2.05) is 114 Å². The van der Waals surface area contributed by atoms with Gasteiger partial charge in [0, 0.05) is 148 Å². The summed E-state index contributed by atoms with van der Waals surface area (Å²) in [7, 11) is 3.25. The van der Waals surface area contributed by atoms with E-state index in [0.29, 0.717) is 64.5 Å². The third-order valence-electron chi connectivity index (χ3n) is 18.2. The average molecular weight is 1480 g/mol. The van der Waals surface area contributed by atoms with Crippen LogP contribution in [0.2, 0.25) is 0 Å². The number of hydrogen-bond donors (Lipinski definition) is 6. The third-order valence-corrected chi connectivity index (χ3v) is 18.2. The van der Waals surface area contributed by atoms with Crippen LogP contribution in [0.5, 0.6) is 0 Å². The van der Waals surface area contributed by atoms with Crippen molar-refractivity contribution in [2.75, 3.05) is 19.4 Å². The fourth-order valence-electron chi connectivity index (χ4n) is 11.9. The minimum Gasteiger partial charge on any atom is -0.376 e. The van der Waals surface area contributed by atoms with Crippen molar-refractivity contribution in [1.82, 2.24) is 23.2 Å². The predicted molar refractivity (Wildman–Crippen MR) is 400 cm³/mol. The Morgan fingerprint density at radius 2 is 0.713 bits per heavy atom. The number of benzene rings is 9. The molecular weight excluding hydrogens is 1410 g/mol. The van der Waals surface area contributed by atoms with Crippen LogP contribution in [0, 0.1) is 0 Å². The summed E-state index contributed by atoms with van der Waals surface area (Å²) in [5.74, 6) is -1.09. The molecule has 1 unspecified atom stereocenters. The van der Waals surface area contributed by atoms with Crippen LogP contribution in [0.25, 0.3) is 43.6 Å². The first-order valence-electron chi connectivity index (χ1n) is 33.3. The lowest BCUT2D eigenvalue weighted by atomic mass is 9.91. The van der Waals surface area contributed by atoms with Gasteiger partial charge in [0.05, 0.1) is 0 Å². The van der Waals surface area contributed by atoms with Crippen molar-refractivity contribution in [2.45, 2.75) is 90.0 Å². The molecule has 108 heavy (non-hydrogen) atoms. The predicted octanol–water partition coefficient (Wildman–Crippen LogP) is 16.9. The van der Waals surface area contributed by atoms with E-state index in [0.717, 1.165) is 86.0 Å². The Hall–Kier alpha value is -12.2. The number of amides is 5. The number of aliphatic hydroxyl groups is 2. The van der Waals surface area contributed by atoms with Crippen LogP contribution in [-0.4, -0.2) is 95.5 Å². The summed E-state index contributed by atoms with van der Waals surface area (Å²) in [6, 6.07) is 63.5. The van der Waals surface area contributed by atoms with Crippen molar-refractivity contribution in [1.29, 1.82) is 0 Å². The second kappa shape index (κ2) is 32.7. The van der Waals surface area contributed by atoms with Crippen LogP contribution in [0.1, 0.15) is 125 Å². The highest BCUT2D eigenvalue weighted by Crippen LogP contribution is 2.50. The number of rotatable bonds is 17. The number of primary amides is 3. The highest BCUT2D eigenvalue weighted by Gasteiger charge is 2.71. The topological polar surface area (TPSA) is 239 Å². The number of carbonyl (C=O) groups is 5. The van der Waals surface area contributed by atoms with E-state index < -0.39 is 47.1 Å². The standard InChI is InChI=1S/C23H19N3O2.C21H18F6N2O2.C19H17F3N2O2.C19H20N2O.CH4/c24-22(27)19-10-11-21-18(14-19)12-13-26(21)15-16-6-8-17(9-7-16)23(28)25-20-4-2-1-3-5-20;1-28(2)18(30)15-5-8-17-14(11-15)9-10-29(17)12-13-3-6-16(7-4-13)19(31,20(22,23)24)21(25,26)27;1-18(26,19(20,21)22)15-5-2-12(3-6-15)11-24-9-8-13-10-14(17(23)25)4-7-16(13)24;1-13(2)15-5-3-14(4-6-15)12-21-10-9-16-11-17(19(20)22)7-8-18(16)21;/h1-14H,15H2,(H2,24,27)(H,25,28);3-11,31H,12H2,1-2H3;2-10,26H,11H2,1H3,(H2,23,25);3-11,13H,12H2,1-2H3,(H2,20,22);1H4. The van der Waals surface area contributed by atoms with E-state index in [1.165, 1.54) is 28.2 Å². The molecule has 5 amide bonds. The van der Waals surface area contributed by atoms with Gasteiger partial charge in [-0.15, -0.1) is 0 Å². The van der Waals surface area contributed by atoms with Crippen LogP contribution in [0.4, 0.5) is 45.2 Å². The zero-order chi connectivity index (χ0) is 77.5. The highest BCUT2D eigenvalue weighted by molar-refractivity contribution is 6.04. The summed E-state index contributed by atoms with van der Waals surface area (Å²) in [4.78, 5) is 59.7. The summed E-state index contributed by atoms with van der Waals surface area (Å²) < 4.78 is 125. The molecule has 0 aliphatic heterocycles. The molecule has 0 saturated carbocycles. The molecule has 1 atom stereocenters. The molecule has 0 spiro atoms. The Morgan fingerprint density at radius 3 is 1.03 bits per heavy atom. The molecule has 13 aromatic rings. The molecule has 0 aliphatic rings. The van der Waals surface area contributed by atoms with Gasteiger partial charge in [-0.2, -0.15) is 39.5 Å². The summed E-state index contributed by atoms with van der Waals surface area (Å²) in [5.41, 5.74) is 18.6. The Morgan fingerprint density at radius 1 is 0.407 bits per heavy atom. The van der Waals surface area contributed by atoms with Crippen molar-refractivity contribution in [3.8, 4) is 0 Å². The van der Waals surface area contributed by atoms with Crippen molar-refractivity contribution >= 4 is 78.8 Å². The molecule has 4 heterocycles. The first-order valence-corrected chi connectivity index (χ1v) is 33.3. The normalized spacial score (nSPS) is 12.2. The van der Waals surface area contributed by atoms with Crippen LogP contribution in [0.3, 0.4) is 0 Å². The number of anilines is 1. The Kier molecular flexibility index (Phi) is 24.2. The molecule has 4 aromatic heterocycles. The van der Waals surface area contributed by atoms with Gasteiger partial charge in [0.25, 0.3) is 17.4 Å². The van der Waals surface area contributed by atoms with E-state index in [1.54, 1.807) is 97.7 Å².